The van der Waals surface area contributed by atoms with Crippen molar-refractivity contribution in [3.05, 3.63) is 29.8 Å². The molecule has 4 nitrogen and oxygen atoms in total. The molecule has 0 spiro atoms. The van der Waals surface area contributed by atoms with Crippen LogP contribution in [0, 0.1) is 11.6 Å². The van der Waals surface area contributed by atoms with Crippen LogP contribution in [0.15, 0.2) is 18.2 Å². The van der Waals surface area contributed by atoms with Gasteiger partial charge in [-0.25, -0.2) is 9.18 Å². The highest BCUT2D eigenvalue weighted by atomic mass is 19.2. The van der Waals surface area contributed by atoms with E-state index < -0.39 is 23.3 Å². The smallest absolute Gasteiger partial charge is 0.407 e. The van der Waals surface area contributed by atoms with Gasteiger partial charge >= 0.3 is 6.09 Å². The van der Waals surface area contributed by atoms with Gasteiger partial charge in [0.05, 0.1) is 6.54 Å². The average molecular weight is 273 g/mol. The molecule has 0 aliphatic heterocycles. The maximum atomic E-state index is 13.2. The molecule has 0 aromatic heterocycles. The van der Waals surface area contributed by atoms with E-state index in [2.05, 4.69) is 5.32 Å². The molecule has 1 aromatic carbocycles. The van der Waals surface area contributed by atoms with Crippen molar-refractivity contribution < 1.29 is 23.0 Å². The molecule has 0 radical (unpaired) electrons. The number of halogens is 2. The summed E-state index contributed by atoms with van der Waals surface area (Å²) < 4.78 is 36.1. The fraction of sp³-hybridized carbons (Fsp3) is 0.462. The van der Waals surface area contributed by atoms with E-state index in [1.165, 1.54) is 12.1 Å². The molecule has 1 aromatic rings. The van der Waals surface area contributed by atoms with E-state index in [-0.39, 0.29) is 18.9 Å². The molecule has 0 bridgehead atoms. The maximum absolute atomic E-state index is 13.2. The first-order valence-corrected chi connectivity index (χ1v) is 5.83. The first-order valence-electron chi connectivity index (χ1n) is 5.83. The highest BCUT2D eigenvalue weighted by Gasteiger charge is 2.15. The van der Waals surface area contributed by atoms with Crippen molar-refractivity contribution in [3.8, 4) is 5.75 Å². The monoisotopic (exact) mass is 273 g/mol. The van der Waals surface area contributed by atoms with Crippen molar-refractivity contribution in [3.63, 3.8) is 0 Å². The molecule has 0 unspecified atom stereocenters. The van der Waals surface area contributed by atoms with E-state index in [1.807, 2.05) is 0 Å². The van der Waals surface area contributed by atoms with Crippen LogP contribution in [0.2, 0.25) is 0 Å². The number of nitrogens with one attached hydrogen (secondary N) is 1. The molecule has 1 rings (SSSR count). The molecule has 0 aliphatic carbocycles. The second-order valence-electron chi connectivity index (χ2n) is 4.83. The summed E-state index contributed by atoms with van der Waals surface area (Å²) in [6.45, 7) is 5.37. The zero-order valence-electron chi connectivity index (χ0n) is 11.1. The Labute approximate surface area is 110 Å². The molecule has 106 valence electrons. The molecule has 1 N–H and O–H groups in total. The van der Waals surface area contributed by atoms with E-state index in [0.717, 1.165) is 6.07 Å². The molecular formula is C13H17F2NO3. The molecular weight excluding hydrogens is 256 g/mol. The predicted octanol–water partition coefficient (Wildman–Crippen LogP) is 2.87. The highest BCUT2D eigenvalue weighted by molar-refractivity contribution is 5.67. The third-order valence-corrected chi connectivity index (χ3v) is 1.94. The van der Waals surface area contributed by atoms with Crippen molar-refractivity contribution in [2.45, 2.75) is 26.4 Å². The quantitative estimate of drug-likeness (QED) is 0.858. The normalized spacial score (nSPS) is 11.0. The Morgan fingerprint density at radius 3 is 2.63 bits per heavy atom. The minimum atomic E-state index is -1.04. The van der Waals surface area contributed by atoms with Crippen molar-refractivity contribution in [2.24, 2.45) is 0 Å². The summed E-state index contributed by atoms with van der Waals surface area (Å²) in [5.74, 6) is -2.21. The SMILES string of the molecule is CC(C)(C)OC(=O)NCCOc1cccc(F)c1F. The minimum absolute atomic E-state index is 0.0135. The van der Waals surface area contributed by atoms with Crippen LogP contribution in [0.1, 0.15) is 20.8 Å². The molecule has 0 atom stereocenters. The van der Waals surface area contributed by atoms with Crippen LogP contribution in [0.5, 0.6) is 5.75 Å². The number of alkyl carbamates (subject to hydrolysis) is 1. The van der Waals surface area contributed by atoms with Crippen LogP contribution in [0.3, 0.4) is 0 Å². The van der Waals surface area contributed by atoms with Gasteiger partial charge in [-0.15, -0.1) is 0 Å². The summed E-state index contributed by atoms with van der Waals surface area (Å²) >= 11 is 0. The zero-order chi connectivity index (χ0) is 14.5. The second kappa shape index (κ2) is 6.36. The van der Waals surface area contributed by atoms with E-state index in [9.17, 15) is 13.6 Å². The van der Waals surface area contributed by atoms with Gasteiger partial charge in [-0.05, 0) is 32.9 Å². The van der Waals surface area contributed by atoms with Gasteiger partial charge < -0.3 is 14.8 Å². The van der Waals surface area contributed by atoms with Crippen LogP contribution in [0.4, 0.5) is 13.6 Å². The Hall–Kier alpha value is -1.85. The van der Waals surface area contributed by atoms with Gasteiger partial charge in [0.15, 0.2) is 11.6 Å². The van der Waals surface area contributed by atoms with Gasteiger partial charge in [0.1, 0.15) is 12.2 Å². The summed E-state index contributed by atoms with van der Waals surface area (Å²) in [6, 6.07) is 3.65. The number of ether oxygens (including phenoxy) is 2. The van der Waals surface area contributed by atoms with Crippen molar-refractivity contribution in [1.82, 2.24) is 5.32 Å². The third kappa shape index (κ3) is 5.54. The van der Waals surface area contributed by atoms with Crippen LogP contribution < -0.4 is 10.1 Å². The van der Waals surface area contributed by atoms with Crippen LogP contribution in [-0.2, 0) is 4.74 Å². The molecule has 0 aliphatic rings. The fourth-order valence-electron chi connectivity index (χ4n) is 1.22. The number of carbonyl (C=O) groups excluding carboxylic acids is 1. The van der Waals surface area contributed by atoms with Gasteiger partial charge in [-0.1, -0.05) is 6.07 Å². The van der Waals surface area contributed by atoms with E-state index in [0.29, 0.717) is 0 Å². The van der Waals surface area contributed by atoms with Crippen molar-refractivity contribution >= 4 is 6.09 Å². The number of rotatable bonds is 4. The summed E-state index contributed by atoms with van der Waals surface area (Å²) in [6.07, 6.45) is -0.587. The third-order valence-electron chi connectivity index (χ3n) is 1.94. The number of carbonyl (C=O) groups is 1. The lowest BCUT2D eigenvalue weighted by atomic mass is 10.2. The van der Waals surface area contributed by atoms with E-state index >= 15 is 0 Å². The van der Waals surface area contributed by atoms with Crippen molar-refractivity contribution in [2.75, 3.05) is 13.2 Å². The Morgan fingerprint density at radius 1 is 1.32 bits per heavy atom. The summed E-state index contributed by atoms with van der Waals surface area (Å²) in [5.41, 5.74) is -0.584. The molecule has 6 heteroatoms. The Kier molecular flexibility index (Phi) is 5.09. The summed E-state index contributed by atoms with van der Waals surface area (Å²) in [7, 11) is 0. The molecule has 19 heavy (non-hydrogen) atoms. The maximum Gasteiger partial charge on any atom is 0.407 e. The number of amides is 1. The predicted molar refractivity (Wildman–Crippen MR) is 66.1 cm³/mol. The minimum Gasteiger partial charge on any atom is -0.489 e. The average Bonchev–Trinajstić information content (AvgIpc) is 2.27. The number of hydrogen-bond donors (Lipinski definition) is 1. The lowest BCUT2D eigenvalue weighted by Gasteiger charge is -2.19. The Balaban J connectivity index is 2.32. The van der Waals surface area contributed by atoms with Gasteiger partial charge in [0, 0.05) is 0 Å². The van der Waals surface area contributed by atoms with Gasteiger partial charge in [-0.2, -0.15) is 4.39 Å². The van der Waals surface area contributed by atoms with Crippen LogP contribution in [0.25, 0.3) is 0 Å². The second-order valence-corrected chi connectivity index (χ2v) is 4.83. The Bertz CT molecular complexity index is 444. The first kappa shape index (κ1) is 15.2. The molecule has 0 fully saturated rings. The lowest BCUT2D eigenvalue weighted by molar-refractivity contribution is 0.0520. The van der Waals surface area contributed by atoms with E-state index in [4.69, 9.17) is 9.47 Å². The number of hydrogen-bond acceptors (Lipinski definition) is 3. The summed E-state index contributed by atoms with van der Waals surface area (Å²) in [4.78, 5) is 11.3. The standard InChI is InChI=1S/C13H17F2NO3/c1-13(2,3)19-12(17)16-7-8-18-10-6-4-5-9(14)11(10)15/h4-6H,7-8H2,1-3H3,(H,16,17). The van der Waals surface area contributed by atoms with Gasteiger partial charge in [0.2, 0.25) is 5.82 Å². The molecule has 1 amide bonds. The topological polar surface area (TPSA) is 47.6 Å². The lowest BCUT2D eigenvalue weighted by Crippen LogP contribution is -2.34. The zero-order valence-corrected chi connectivity index (χ0v) is 11.1. The number of benzene rings is 1. The highest BCUT2D eigenvalue weighted by Crippen LogP contribution is 2.18. The van der Waals surface area contributed by atoms with E-state index in [1.54, 1.807) is 20.8 Å². The van der Waals surface area contributed by atoms with Crippen LogP contribution >= 0.6 is 0 Å². The molecule has 0 saturated heterocycles. The van der Waals surface area contributed by atoms with Gasteiger partial charge in [0.25, 0.3) is 0 Å². The van der Waals surface area contributed by atoms with Crippen LogP contribution in [-0.4, -0.2) is 24.8 Å². The largest absolute Gasteiger partial charge is 0.489 e. The molecule has 0 saturated carbocycles. The summed E-state index contributed by atoms with van der Waals surface area (Å²) in [5, 5.41) is 2.44. The Morgan fingerprint density at radius 2 is 2.00 bits per heavy atom. The fourth-order valence-corrected chi connectivity index (χ4v) is 1.22. The van der Waals surface area contributed by atoms with Crippen molar-refractivity contribution in [1.29, 1.82) is 0 Å². The van der Waals surface area contributed by atoms with Gasteiger partial charge in [-0.3, -0.25) is 0 Å². The first-order chi connectivity index (χ1) is 8.79. The molecule has 0 heterocycles.